The summed E-state index contributed by atoms with van der Waals surface area (Å²) in [5, 5.41) is 8.81. The van der Waals surface area contributed by atoms with E-state index in [1.54, 1.807) is 11.2 Å². The number of hydrogen-bond acceptors (Lipinski definition) is 3. The summed E-state index contributed by atoms with van der Waals surface area (Å²) in [6.07, 6.45) is 4.82. The van der Waals surface area contributed by atoms with E-state index < -0.39 is 16.2 Å². The first-order valence-electron chi connectivity index (χ1n) is 7.76. The molecule has 1 aliphatic heterocycles. The van der Waals surface area contributed by atoms with Crippen LogP contribution in [0.5, 0.6) is 0 Å². The zero-order valence-electron chi connectivity index (χ0n) is 13.2. The molecule has 21 heavy (non-hydrogen) atoms. The lowest BCUT2D eigenvalue weighted by molar-refractivity contribution is -0.141. The highest BCUT2D eigenvalue weighted by molar-refractivity contribution is 7.87. The van der Waals surface area contributed by atoms with Gasteiger partial charge in [0.25, 0.3) is 10.2 Å². The first kappa shape index (κ1) is 18.4. The van der Waals surface area contributed by atoms with E-state index in [2.05, 4.69) is 4.72 Å². The van der Waals surface area contributed by atoms with Gasteiger partial charge >= 0.3 is 5.97 Å². The smallest absolute Gasteiger partial charge is 0.306 e. The van der Waals surface area contributed by atoms with Crippen molar-refractivity contribution < 1.29 is 18.3 Å². The molecule has 0 aromatic rings. The fourth-order valence-corrected chi connectivity index (χ4v) is 4.37. The molecule has 0 radical (unpaired) electrons. The summed E-state index contributed by atoms with van der Waals surface area (Å²) in [5.74, 6) is -1.18. The van der Waals surface area contributed by atoms with Crippen LogP contribution in [0.15, 0.2) is 0 Å². The molecule has 1 fully saturated rings. The van der Waals surface area contributed by atoms with E-state index in [4.69, 9.17) is 5.11 Å². The van der Waals surface area contributed by atoms with Crippen LogP contribution in [-0.4, -0.2) is 42.4 Å². The van der Waals surface area contributed by atoms with Gasteiger partial charge in [0.1, 0.15) is 0 Å². The van der Waals surface area contributed by atoms with Gasteiger partial charge < -0.3 is 5.11 Å². The number of nitrogens with zero attached hydrogens (tertiary/aromatic N) is 1. The van der Waals surface area contributed by atoms with Gasteiger partial charge in [-0.25, -0.2) is 0 Å². The Morgan fingerprint density at radius 3 is 2.57 bits per heavy atom. The summed E-state index contributed by atoms with van der Waals surface area (Å²) in [7, 11) is -3.43. The van der Waals surface area contributed by atoms with E-state index in [1.807, 2.05) is 13.8 Å². The van der Waals surface area contributed by atoms with Crippen LogP contribution in [-0.2, 0) is 15.0 Å². The van der Waals surface area contributed by atoms with Gasteiger partial charge in [0, 0.05) is 18.6 Å². The van der Waals surface area contributed by atoms with Crippen molar-refractivity contribution in [2.24, 2.45) is 5.92 Å². The minimum Gasteiger partial charge on any atom is -0.481 e. The van der Waals surface area contributed by atoms with Crippen LogP contribution < -0.4 is 4.72 Å². The van der Waals surface area contributed by atoms with Crippen molar-refractivity contribution in [3.05, 3.63) is 0 Å². The van der Waals surface area contributed by atoms with Crippen molar-refractivity contribution >= 4 is 16.2 Å². The highest BCUT2D eigenvalue weighted by Crippen LogP contribution is 2.19. The van der Waals surface area contributed by atoms with Crippen LogP contribution >= 0.6 is 0 Å². The van der Waals surface area contributed by atoms with E-state index in [9.17, 15) is 13.2 Å². The molecule has 0 amide bonds. The van der Waals surface area contributed by atoms with Gasteiger partial charge in [-0.05, 0) is 39.5 Å². The summed E-state index contributed by atoms with van der Waals surface area (Å²) >= 11 is 0. The van der Waals surface area contributed by atoms with Crippen LogP contribution in [0.25, 0.3) is 0 Å². The molecule has 0 aromatic carbocycles. The number of carboxylic acid groups (broad SMARTS) is 1. The van der Waals surface area contributed by atoms with Crippen molar-refractivity contribution in [2.75, 3.05) is 6.54 Å². The van der Waals surface area contributed by atoms with E-state index in [0.717, 1.165) is 19.3 Å². The molecule has 6 nitrogen and oxygen atoms in total. The number of carboxylic acids is 1. The third-order valence-electron chi connectivity index (χ3n) is 4.10. The quantitative estimate of drug-likeness (QED) is 0.716. The fraction of sp³-hybridized carbons (Fsp3) is 0.929. The Balaban J connectivity index is 2.42. The van der Waals surface area contributed by atoms with Gasteiger partial charge in [0.05, 0.1) is 5.92 Å². The molecule has 1 rings (SSSR count). The molecule has 3 unspecified atom stereocenters. The average Bonchev–Trinajstić information content (AvgIpc) is 2.38. The lowest BCUT2D eigenvalue weighted by Gasteiger charge is -2.33. The Hall–Kier alpha value is -0.660. The summed E-state index contributed by atoms with van der Waals surface area (Å²) in [4.78, 5) is 10.7. The maximum Gasteiger partial charge on any atom is 0.306 e. The Morgan fingerprint density at radius 2 is 2.00 bits per heavy atom. The molecule has 0 aliphatic carbocycles. The SMILES string of the molecule is CC(CCCC(C)C(=O)O)NS(=O)(=O)N1CCCCC1C. The number of nitrogens with one attached hydrogen (secondary N) is 1. The summed E-state index contributed by atoms with van der Waals surface area (Å²) in [6, 6.07) is -0.124. The van der Waals surface area contributed by atoms with Gasteiger partial charge in [-0.1, -0.05) is 19.8 Å². The Kier molecular flexibility index (Phi) is 7.09. The molecule has 1 aliphatic rings. The highest BCUT2D eigenvalue weighted by atomic mass is 32.2. The van der Waals surface area contributed by atoms with E-state index in [0.29, 0.717) is 25.8 Å². The topological polar surface area (TPSA) is 86.7 Å². The van der Waals surface area contributed by atoms with Crippen LogP contribution in [0.1, 0.15) is 59.3 Å². The lowest BCUT2D eigenvalue weighted by Crippen LogP contribution is -2.50. The van der Waals surface area contributed by atoms with Crippen LogP contribution in [0, 0.1) is 5.92 Å². The molecule has 1 saturated heterocycles. The Labute approximate surface area is 128 Å². The summed E-state index contributed by atoms with van der Waals surface area (Å²) in [5.41, 5.74) is 0. The van der Waals surface area contributed by atoms with Crippen molar-refractivity contribution in [3.63, 3.8) is 0 Å². The molecule has 0 bridgehead atoms. The number of hydrogen-bond donors (Lipinski definition) is 2. The van der Waals surface area contributed by atoms with Crippen LogP contribution in [0.3, 0.4) is 0 Å². The maximum absolute atomic E-state index is 12.3. The zero-order chi connectivity index (χ0) is 16.0. The number of aliphatic carboxylic acids is 1. The molecule has 0 aromatic heterocycles. The first-order valence-corrected chi connectivity index (χ1v) is 9.20. The number of rotatable bonds is 8. The molecular weight excluding hydrogens is 292 g/mol. The molecule has 7 heteroatoms. The summed E-state index contributed by atoms with van der Waals surface area (Å²) in [6.45, 7) is 6.03. The second-order valence-electron chi connectivity index (χ2n) is 6.15. The Morgan fingerprint density at radius 1 is 1.33 bits per heavy atom. The lowest BCUT2D eigenvalue weighted by atomic mass is 10.0. The molecule has 1 heterocycles. The molecule has 0 saturated carbocycles. The van der Waals surface area contributed by atoms with Crippen molar-refractivity contribution in [3.8, 4) is 0 Å². The van der Waals surface area contributed by atoms with Crippen LogP contribution in [0.2, 0.25) is 0 Å². The van der Waals surface area contributed by atoms with Crippen molar-refractivity contribution in [1.82, 2.24) is 9.03 Å². The fourth-order valence-electron chi connectivity index (χ4n) is 2.66. The molecule has 2 N–H and O–H groups in total. The van der Waals surface area contributed by atoms with Crippen molar-refractivity contribution in [1.29, 1.82) is 0 Å². The first-order chi connectivity index (χ1) is 9.74. The monoisotopic (exact) mass is 320 g/mol. The second kappa shape index (κ2) is 8.10. The molecule has 124 valence electrons. The molecular formula is C14H28N2O4S. The third kappa shape index (κ3) is 5.92. The van der Waals surface area contributed by atoms with Gasteiger partial charge in [-0.3, -0.25) is 4.79 Å². The third-order valence-corrected chi connectivity index (χ3v) is 5.96. The molecule has 3 atom stereocenters. The van der Waals surface area contributed by atoms with Gasteiger partial charge in [0.2, 0.25) is 0 Å². The predicted molar refractivity (Wildman–Crippen MR) is 82.2 cm³/mol. The minimum atomic E-state index is -3.43. The standard InChI is InChI=1S/C14H28N2O4S/c1-11(14(17)18)7-6-8-12(2)15-21(19,20)16-10-5-4-9-13(16)3/h11-13,15H,4-10H2,1-3H3,(H,17,18). The number of piperidine rings is 1. The van der Waals surface area contributed by atoms with E-state index >= 15 is 0 Å². The Bertz CT molecular complexity index is 438. The van der Waals surface area contributed by atoms with Crippen LogP contribution in [0.4, 0.5) is 0 Å². The average molecular weight is 320 g/mol. The largest absolute Gasteiger partial charge is 0.481 e. The van der Waals surface area contributed by atoms with Gasteiger partial charge in [0.15, 0.2) is 0 Å². The van der Waals surface area contributed by atoms with E-state index in [1.165, 1.54) is 0 Å². The minimum absolute atomic E-state index is 0.0514. The van der Waals surface area contributed by atoms with Gasteiger partial charge in [-0.15, -0.1) is 0 Å². The number of carbonyl (C=O) groups is 1. The van der Waals surface area contributed by atoms with Gasteiger partial charge in [-0.2, -0.15) is 17.4 Å². The van der Waals surface area contributed by atoms with E-state index in [-0.39, 0.29) is 18.0 Å². The normalized spacial score (nSPS) is 23.7. The zero-order valence-corrected chi connectivity index (χ0v) is 14.0. The molecule has 0 spiro atoms. The predicted octanol–water partition coefficient (Wildman–Crippen LogP) is 1.97. The van der Waals surface area contributed by atoms with Crippen molar-refractivity contribution in [2.45, 2.75) is 71.4 Å². The second-order valence-corrected chi connectivity index (χ2v) is 7.80. The summed E-state index contributed by atoms with van der Waals surface area (Å²) < 4.78 is 28.9. The highest BCUT2D eigenvalue weighted by Gasteiger charge is 2.30. The maximum atomic E-state index is 12.3.